The van der Waals surface area contributed by atoms with Crippen LogP contribution in [0.1, 0.15) is 9.67 Å². The number of nitrogens with one attached hydrogen (secondary N) is 2. The van der Waals surface area contributed by atoms with Crippen LogP contribution in [0.3, 0.4) is 0 Å². The van der Waals surface area contributed by atoms with E-state index >= 15 is 0 Å². The molecule has 0 fully saturated rings. The van der Waals surface area contributed by atoms with Gasteiger partial charge in [-0.15, -0.1) is 11.3 Å². The average molecular weight is 308 g/mol. The third-order valence-electron chi connectivity index (χ3n) is 2.42. The number of ether oxygens (including phenoxy) is 1. The number of rotatable bonds is 3. The molecule has 0 spiro atoms. The van der Waals surface area contributed by atoms with Gasteiger partial charge in [0.05, 0.1) is 17.7 Å². The highest BCUT2D eigenvalue weighted by molar-refractivity contribution is 7.80. The summed E-state index contributed by atoms with van der Waals surface area (Å²) in [7, 11) is 1.52. The molecule has 0 aliphatic rings. The van der Waals surface area contributed by atoms with Crippen LogP contribution in [-0.2, 0) is 0 Å². The number of amides is 1. The molecule has 1 aromatic carbocycles. The Labute approximate surface area is 125 Å². The van der Waals surface area contributed by atoms with E-state index in [0.717, 1.165) is 0 Å². The van der Waals surface area contributed by atoms with E-state index in [2.05, 4.69) is 10.6 Å². The zero-order valence-electron chi connectivity index (χ0n) is 10.5. The van der Waals surface area contributed by atoms with E-state index in [1.165, 1.54) is 24.5 Å². The highest BCUT2D eigenvalue weighted by Crippen LogP contribution is 2.27. The fourth-order valence-corrected chi connectivity index (χ4v) is 2.29. The minimum absolute atomic E-state index is 0.0125. The topological polar surface area (TPSA) is 70.6 Å². The molecule has 0 saturated carbocycles. The van der Waals surface area contributed by atoms with Gasteiger partial charge in [-0.3, -0.25) is 10.1 Å². The highest BCUT2D eigenvalue weighted by atomic mass is 32.1. The van der Waals surface area contributed by atoms with Crippen molar-refractivity contribution >= 4 is 40.3 Å². The Morgan fingerprint density at radius 3 is 2.85 bits per heavy atom. The molecule has 104 valence electrons. The maximum absolute atomic E-state index is 11.8. The molecule has 2 aromatic rings. The second kappa shape index (κ2) is 6.36. The Hall–Kier alpha value is -2.12. The number of carbonyl (C=O) groups is 1. The Morgan fingerprint density at radius 2 is 2.20 bits per heavy atom. The first-order valence-electron chi connectivity index (χ1n) is 5.63. The second-order valence-corrected chi connectivity index (χ2v) is 5.12. The van der Waals surface area contributed by atoms with Crippen molar-refractivity contribution in [3.8, 4) is 11.5 Å². The summed E-state index contributed by atoms with van der Waals surface area (Å²) in [5, 5.41) is 16.9. The molecule has 5 nitrogen and oxygen atoms in total. The van der Waals surface area contributed by atoms with Gasteiger partial charge in [0.2, 0.25) is 0 Å². The second-order valence-electron chi connectivity index (χ2n) is 3.77. The van der Waals surface area contributed by atoms with Crippen LogP contribution in [0.5, 0.6) is 11.5 Å². The molecule has 7 heteroatoms. The van der Waals surface area contributed by atoms with Gasteiger partial charge >= 0.3 is 0 Å². The molecule has 0 radical (unpaired) electrons. The molecule has 3 N–H and O–H groups in total. The van der Waals surface area contributed by atoms with E-state index in [1.54, 1.807) is 29.6 Å². The number of aromatic hydroxyl groups is 1. The van der Waals surface area contributed by atoms with E-state index in [1.807, 2.05) is 0 Å². The van der Waals surface area contributed by atoms with Crippen molar-refractivity contribution in [2.75, 3.05) is 12.4 Å². The van der Waals surface area contributed by atoms with Gasteiger partial charge in [0, 0.05) is 6.07 Å². The lowest BCUT2D eigenvalue weighted by Crippen LogP contribution is -2.33. The van der Waals surface area contributed by atoms with E-state index in [-0.39, 0.29) is 16.8 Å². The largest absolute Gasteiger partial charge is 0.506 e. The molecule has 0 saturated heterocycles. The van der Waals surface area contributed by atoms with Crippen LogP contribution < -0.4 is 15.4 Å². The van der Waals surface area contributed by atoms with Crippen molar-refractivity contribution in [1.82, 2.24) is 5.32 Å². The maximum Gasteiger partial charge on any atom is 0.267 e. The van der Waals surface area contributed by atoms with Crippen molar-refractivity contribution in [3.63, 3.8) is 0 Å². The van der Waals surface area contributed by atoms with E-state index in [4.69, 9.17) is 17.0 Å². The SMILES string of the molecule is COc1ccc(O)c(NC(=S)NC(=O)c2cccs2)c1. The van der Waals surface area contributed by atoms with Crippen molar-refractivity contribution < 1.29 is 14.6 Å². The van der Waals surface area contributed by atoms with E-state index in [0.29, 0.717) is 16.3 Å². The van der Waals surface area contributed by atoms with Gasteiger partial charge in [0.15, 0.2) is 5.11 Å². The minimum atomic E-state index is -0.292. The van der Waals surface area contributed by atoms with Gasteiger partial charge in [0.25, 0.3) is 5.91 Å². The highest BCUT2D eigenvalue weighted by Gasteiger charge is 2.10. The molecule has 20 heavy (non-hydrogen) atoms. The zero-order chi connectivity index (χ0) is 14.5. The minimum Gasteiger partial charge on any atom is -0.506 e. The Morgan fingerprint density at radius 1 is 1.40 bits per heavy atom. The van der Waals surface area contributed by atoms with Gasteiger partial charge in [-0.1, -0.05) is 6.07 Å². The summed E-state index contributed by atoms with van der Waals surface area (Å²) in [5.41, 5.74) is 0.362. The average Bonchev–Trinajstić information content (AvgIpc) is 2.95. The number of thiocarbonyl (C=S) groups is 1. The van der Waals surface area contributed by atoms with Gasteiger partial charge in [-0.05, 0) is 35.8 Å². The molecule has 1 amide bonds. The lowest BCUT2D eigenvalue weighted by atomic mass is 10.3. The predicted molar refractivity (Wildman–Crippen MR) is 82.7 cm³/mol. The van der Waals surface area contributed by atoms with Crippen LogP contribution in [0.2, 0.25) is 0 Å². The van der Waals surface area contributed by atoms with Gasteiger partial charge in [-0.25, -0.2) is 0 Å². The molecule has 2 rings (SSSR count). The monoisotopic (exact) mass is 308 g/mol. The van der Waals surface area contributed by atoms with Crippen LogP contribution in [0, 0.1) is 0 Å². The lowest BCUT2D eigenvalue weighted by Gasteiger charge is -2.11. The fraction of sp³-hybridized carbons (Fsp3) is 0.0769. The molecule has 1 heterocycles. The van der Waals surface area contributed by atoms with Crippen molar-refractivity contribution in [2.45, 2.75) is 0 Å². The van der Waals surface area contributed by atoms with E-state index in [9.17, 15) is 9.90 Å². The quantitative estimate of drug-likeness (QED) is 0.600. The van der Waals surface area contributed by atoms with Crippen LogP contribution in [-0.4, -0.2) is 23.2 Å². The maximum atomic E-state index is 11.8. The van der Waals surface area contributed by atoms with Gasteiger partial charge < -0.3 is 15.2 Å². The van der Waals surface area contributed by atoms with Gasteiger partial charge in [-0.2, -0.15) is 0 Å². The van der Waals surface area contributed by atoms with Crippen LogP contribution >= 0.6 is 23.6 Å². The summed E-state index contributed by atoms with van der Waals surface area (Å²) < 4.78 is 5.05. The molecule has 1 aromatic heterocycles. The first-order chi connectivity index (χ1) is 9.60. The summed E-state index contributed by atoms with van der Waals surface area (Å²) >= 11 is 6.35. The summed E-state index contributed by atoms with van der Waals surface area (Å²) in [6, 6.07) is 8.16. The Balaban J connectivity index is 2.03. The normalized spacial score (nSPS) is 9.85. The Kier molecular flexibility index (Phi) is 4.54. The Bertz CT molecular complexity index is 627. The fourth-order valence-electron chi connectivity index (χ4n) is 1.47. The number of phenols is 1. The molecule has 0 bridgehead atoms. The molecule has 0 atom stereocenters. The number of anilines is 1. The van der Waals surface area contributed by atoms with Crippen molar-refractivity contribution in [1.29, 1.82) is 0 Å². The molecule has 0 aliphatic carbocycles. The van der Waals surface area contributed by atoms with Crippen molar-refractivity contribution in [3.05, 3.63) is 40.6 Å². The number of carbonyl (C=O) groups excluding carboxylic acids is 1. The molecular weight excluding hydrogens is 296 g/mol. The number of benzene rings is 1. The molecule has 0 aliphatic heterocycles. The smallest absolute Gasteiger partial charge is 0.267 e. The summed E-state index contributed by atoms with van der Waals surface area (Å²) in [4.78, 5) is 12.4. The van der Waals surface area contributed by atoms with Crippen molar-refractivity contribution in [2.24, 2.45) is 0 Å². The van der Waals surface area contributed by atoms with Crippen LogP contribution in [0.15, 0.2) is 35.7 Å². The first kappa shape index (κ1) is 14.3. The first-order valence-corrected chi connectivity index (χ1v) is 6.92. The standard InChI is InChI=1S/C13H12N2O3S2/c1-18-8-4-5-10(16)9(7-8)14-13(19)15-12(17)11-3-2-6-20-11/h2-7,16H,1H3,(H2,14,15,17,19). The number of hydrogen-bond donors (Lipinski definition) is 3. The molecule has 0 unspecified atom stereocenters. The lowest BCUT2D eigenvalue weighted by molar-refractivity contribution is 0.0981. The zero-order valence-corrected chi connectivity index (χ0v) is 12.2. The van der Waals surface area contributed by atoms with Crippen LogP contribution in [0.4, 0.5) is 5.69 Å². The number of hydrogen-bond acceptors (Lipinski definition) is 5. The van der Waals surface area contributed by atoms with Gasteiger partial charge in [0.1, 0.15) is 11.5 Å². The third kappa shape index (κ3) is 3.46. The predicted octanol–water partition coefficient (Wildman–Crippen LogP) is 2.59. The summed E-state index contributed by atoms with van der Waals surface area (Å²) in [6.07, 6.45) is 0. The summed E-state index contributed by atoms with van der Waals surface area (Å²) in [5.74, 6) is 0.288. The number of methoxy groups -OCH3 is 1. The third-order valence-corrected chi connectivity index (χ3v) is 3.50. The van der Waals surface area contributed by atoms with Crippen LogP contribution in [0.25, 0.3) is 0 Å². The van der Waals surface area contributed by atoms with E-state index < -0.39 is 0 Å². The molecular formula is C13H12N2O3S2. The number of thiophene rings is 1. The summed E-state index contributed by atoms with van der Waals surface area (Å²) in [6.45, 7) is 0. The number of phenolic OH excluding ortho intramolecular Hbond substituents is 1.